The van der Waals surface area contributed by atoms with E-state index in [-0.39, 0.29) is 27.4 Å². The van der Waals surface area contributed by atoms with E-state index in [0.29, 0.717) is 16.0 Å². The molecule has 0 aliphatic carbocycles. The molecule has 4 rings (SSSR count). The third kappa shape index (κ3) is 4.02. The minimum absolute atomic E-state index is 0.00670. The second-order valence-corrected chi connectivity index (χ2v) is 9.99. The van der Waals surface area contributed by atoms with Crippen molar-refractivity contribution in [2.45, 2.75) is 14.7 Å². The summed E-state index contributed by atoms with van der Waals surface area (Å²) in [5.74, 6) is -0.207. The molecule has 0 aromatic heterocycles. The van der Waals surface area contributed by atoms with Crippen molar-refractivity contribution in [1.29, 1.82) is 0 Å². The topological polar surface area (TPSA) is 125 Å². The lowest BCUT2D eigenvalue weighted by Crippen LogP contribution is -2.00. The van der Waals surface area contributed by atoms with E-state index >= 15 is 0 Å². The number of phenols is 1. The van der Waals surface area contributed by atoms with Crippen LogP contribution in [0.1, 0.15) is 0 Å². The van der Waals surface area contributed by atoms with Gasteiger partial charge in [-0.15, -0.1) is 33.8 Å². The molecular weight excluding hydrogens is 466 g/mol. The van der Waals surface area contributed by atoms with Crippen molar-refractivity contribution in [3.63, 3.8) is 0 Å². The van der Waals surface area contributed by atoms with Crippen LogP contribution in [-0.2, 0) is 10.1 Å². The van der Waals surface area contributed by atoms with Crippen LogP contribution in [0.2, 0.25) is 0 Å². The van der Waals surface area contributed by atoms with Gasteiger partial charge in [-0.3, -0.25) is 4.55 Å². The first kappa shape index (κ1) is 22.4. The summed E-state index contributed by atoms with van der Waals surface area (Å²) in [6.07, 6.45) is 3.77. The van der Waals surface area contributed by atoms with Gasteiger partial charge in [0.15, 0.2) is 5.75 Å². The van der Waals surface area contributed by atoms with Gasteiger partial charge in [-0.05, 0) is 52.9 Å². The molecule has 0 atom stereocenters. The summed E-state index contributed by atoms with van der Waals surface area (Å²) in [7, 11) is -4.44. The fourth-order valence-electron chi connectivity index (χ4n) is 3.52. The van der Waals surface area contributed by atoms with Gasteiger partial charge >= 0.3 is 0 Å². The molecule has 4 aromatic carbocycles. The summed E-state index contributed by atoms with van der Waals surface area (Å²) in [5, 5.41) is 22.5. The predicted octanol–water partition coefficient (Wildman–Crippen LogP) is 6.39. The Balaban J connectivity index is 1.90. The molecule has 4 N–H and O–H groups in total. The zero-order valence-electron chi connectivity index (χ0n) is 17.1. The molecule has 164 valence electrons. The Morgan fingerprint density at radius 2 is 1.69 bits per heavy atom. The molecule has 0 bridgehead atoms. The Morgan fingerprint density at radius 3 is 2.38 bits per heavy atom. The number of benzene rings is 4. The van der Waals surface area contributed by atoms with E-state index in [2.05, 4.69) is 10.2 Å². The molecule has 0 fully saturated rings. The number of nitrogen functional groups attached to an aromatic ring is 1. The van der Waals surface area contributed by atoms with Crippen LogP contribution < -0.4 is 5.73 Å². The van der Waals surface area contributed by atoms with Crippen LogP contribution in [0.15, 0.2) is 79.5 Å². The fraction of sp³-hybridized carbons (Fsp3) is 0.0909. The highest BCUT2D eigenvalue weighted by molar-refractivity contribution is 7.99. The summed E-state index contributed by atoms with van der Waals surface area (Å²) >= 11 is 2.88. The van der Waals surface area contributed by atoms with Gasteiger partial charge in [0.05, 0.1) is 10.6 Å². The number of aromatic hydroxyl groups is 1. The van der Waals surface area contributed by atoms with Gasteiger partial charge < -0.3 is 10.8 Å². The van der Waals surface area contributed by atoms with Crippen LogP contribution in [0, 0.1) is 0 Å². The molecule has 4 aromatic rings. The Morgan fingerprint density at radius 1 is 0.938 bits per heavy atom. The van der Waals surface area contributed by atoms with Crippen LogP contribution in [0.5, 0.6) is 5.75 Å². The number of phenolic OH excluding ortho intramolecular Hbond substituents is 1. The summed E-state index contributed by atoms with van der Waals surface area (Å²) in [5.41, 5.74) is 6.92. The first-order chi connectivity index (χ1) is 15.2. The van der Waals surface area contributed by atoms with E-state index in [1.165, 1.54) is 17.8 Å². The quantitative estimate of drug-likeness (QED) is 0.129. The first-order valence-corrected chi connectivity index (χ1v) is 13.2. The molecule has 7 nitrogen and oxygen atoms in total. The Hall–Kier alpha value is -2.79. The molecule has 0 amide bonds. The molecule has 10 heteroatoms. The molecule has 0 unspecified atom stereocenters. The molecule has 0 aliphatic heterocycles. The lowest BCUT2D eigenvalue weighted by Gasteiger charge is -2.12. The SMILES string of the molecule is CSc1cc2cc(S(=O)(=O)O)cc(N)c2c(O)c1N=Nc1ccc2ccccc2c1SC. The minimum Gasteiger partial charge on any atom is -0.505 e. The lowest BCUT2D eigenvalue weighted by molar-refractivity contribution is 0.480. The van der Waals surface area contributed by atoms with Gasteiger partial charge in [-0.1, -0.05) is 30.3 Å². The van der Waals surface area contributed by atoms with Gasteiger partial charge in [-0.25, -0.2) is 0 Å². The van der Waals surface area contributed by atoms with Crippen LogP contribution >= 0.6 is 23.5 Å². The summed E-state index contributed by atoms with van der Waals surface area (Å²) in [6, 6.07) is 15.9. The number of anilines is 1. The van der Waals surface area contributed by atoms with E-state index in [1.807, 2.05) is 42.7 Å². The van der Waals surface area contributed by atoms with Crippen molar-refractivity contribution in [2.75, 3.05) is 18.2 Å². The summed E-state index contributed by atoms with van der Waals surface area (Å²) in [4.78, 5) is 1.20. The maximum absolute atomic E-state index is 11.5. The second kappa shape index (κ2) is 8.62. The van der Waals surface area contributed by atoms with Crippen molar-refractivity contribution in [1.82, 2.24) is 0 Å². The Bertz CT molecular complexity index is 1500. The highest BCUT2D eigenvalue weighted by atomic mass is 32.2. The van der Waals surface area contributed by atoms with Crippen molar-refractivity contribution >= 4 is 72.2 Å². The van der Waals surface area contributed by atoms with E-state index in [9.17, 15) is 18.1 Å². The number of hydrogen-bond acceptors (Lipinski definition) is 8. The second-order valence-electron chi connectivity index (χ2n) is 6.90. The minimum atomic E-state index is -4.44. The third-order valence-corrected chi connectivity index (χ3v) is 7.41. The average molecular weight is 486 g/mol. The van der Waals surface area contributed by atoms with Crippen molar-refractivity contribution in [3.8, 4) is 5.75 Å². The molecule has 0 spiro atoms. The zero-order chi connectivity index (χ0) is 23.0. The van der Waals surface area contributed by atoms with Gasteiger partial charge in [0, 0.05) is 20.9 Å². The number of rotatable bonds is 5. The molecule has 0 heterocycles. The van der Waals surface area contributed by atoms with Crippen LogP contribution in [0.3, 0.4) is 0 Å². The molecular formula is C22H19N3O4S3. The zero-order valence-corrected chi connectivity index (χ0v) is 19.6. The van der Waals surface area contributed by atoms with Crippen molar-refractivity contribution < 1.29 is 18.1 Å². The number of fused-ring (bicyclic) bond motifs is 2. The monoisotopic (exact) mass is 485 g/mol. The number of nitrogens with zero attached hydrogens (tertiary/aromatic N) is 2. The number of thioether (sulfide) groups is 2. The maximum atomic E-state index is 11.5. The average Bonchev–Trinajstić information content (AvgIpc) is 2.76. The highest BCUT2D eigenvalue weighted by Gasteiger charge is 2.19. The molecule has 0 saturated heterocycles. The smallest absolute Gasteiger partial charge is 0.294 e. The predicted molar refractivity (Wildman–Crippen MR) is 132 cm³/mol. The Labute approximate surface area is 193 Å². The first-order valence-electron chi connectivity index (χ1n) is 9.32. The fourth-order valence-corrected chi connectivity index (χ4v) is 5.37. The third-order valence-electron chi connectivity index (χ3n) is 4.99. The highest BCUT2D eigenvalue weighted by Crippen LogP contribution is 2.46. The number of azo groups is 1. The number of nitrogens with two attached hydrogens (primary N) is 1. The van der Waals surface area contributed by atoms with Gasteiger partial charge in [0.1, 0.15) is 5.69 Å². The number of hydrogen-bond donors (Lipinski definition) is 3. The van der Waals surface area contributed by atoms with Crippen LogP contribution in [-0.4, -0.2) is 30.6 Å². The standard InChI is InChI=1S/C22H19N3O4S3/c1-30-18-10-13-9-14(32(27,28)29)11-16(23)19(13)21(26)20(18)25-24-17-8-7-12-5-3-4-6-15(12)22(17)31-2/h3-11,26H,23H2,1-2H3,(H,27,28,29). The summed E-state index contributed by atoms with van der Waals surface area (Å²) < 4.78 is 32.5. The largest absolute Gasteiger partial charge is 0.505 e. The molecule has 0 saturated carbocycles. The maximum Gasteiger partial charge on any atom is 0.294 e. The molecule has 0 radical (unpaired) electrons. The van der Waals surface area contributed by atoms with Crippen molar-refractivity contribution in [2.24, 2.45) is 10.2 Å². The lowest BCUT2D eigenvalue weighted by atomic mass is 10.1. The Kier molecular flexibility index (Phi) is 6.04. The normalized spacial score (nSPS) is 12.2. The van der Waals surface area contributed by atoms with Gasteiger partial charge in [0.2, 0.25) is 0 Å². The van der Waals surface area contributed by atoms with Gasteiger partial charge in [-0.2, -0.15) is 8.42 Å². The van der Waals surface area contributed by atoms with E-state index in [4.69, 9.17) is 5.73 Å². The van der Waals surface area contributed by atoms with Crippen LogP contribution in [0.25, 0.3) is 21.5 Å². The molecule has 32 heavy (non-hydrogen) atoms. The van der Waals surface area contributed by atoms with Crippen molar-refractivity contribution in [3.05, 3.63) is 54.6 Å². The van der Waals surface area contributed by atoms with E-state index in [0.717, 1.165) is 21.7 Å². The van der Waals surface area contributed by atoms with E-state index in [1.54, 1.807) is 24.1 Å². The summed E-state index contributed by atoms with van der Waals surface area (Å²) in [6.45, 7) is 0. The van der Waals surface area contributed by atoms with Crippen LogP contribution in [0.4, 0.5) is 17.1 Å². The van der Waals surface area contributed by atoms with Gasteiger partial charge in [0.25, 0.3) is 10.1 Å². The van der Waals surface area contributed by atoms with E-state index < -0.39 is 10.1 Å². The molecule has 0 aliphatic rings.